The summed E-state index contributed by atoms with van der Waals surface area (Å²) in [6.45, 7) is 5.08. The van der Waals surface area contributed by atoms with Gasteiger partial charge in [-0.2, -0.15) is 0 Å². The van der Waals surface area contributed by atoms with Crippen molar-refractivity contribution in [1.29, 1.82) is 0 Å². The van der Waals surface area contributed by atoms with Crippen LogP contribution in [0.3, 0.4) is 0 Å². The van der Waals surface area contributed by atoms with E-state index in [1.165, 1.54) is 0 Å². The van der Waals surface area contributed by atoms with E-state index in [0.29, 0.717) is 30.6 Å². The van der Waals surface area contributed by atoms with Crippen LogP contribution >= 0.6 is 0 Å². The molecular weight excluding hydrogens is 218 g/mol. The van der Waals surface area contributed by atoms with E-state index < -0.39 is 0 Å². The van der Waals surface area contributed by atoms with Gasteiger partial charge in [-0.3, -0.25) is 4.99 Å². The van der Waals surface area contributed by atoms with Crippen molar-refractivity contribution in [2.24, 2.45) is 10.7 Å². The first-order chi connectivity index (χ1) is 8.21. The molecule has 0 amide bonds. The van der Waals surface area contributed by atoms with E-state index >= 15 is 0 Å². The van der Waals surface area contributed by atoms with Crippen molar-refractivity contribution in [3.05, 3.63) is 18.2 Å². The number of nitrogens with zero attached hydrogens (tertiary/aromatic N) is 1. The Morgan fingerprint density at radius 2 is 2.12 bits per heavy atom. The number of nitrogens with one attached hydrogen (secondary N) is 1. The number of ether oxygens (including phenoxy) is 2. The number of nitrogens with two attached hydrogens (primary N) is 1. The molecule has 1 rings (SSSR count). The maximum atomic E-state index is 5.68. The molecule has 0 aliphatic rings. The zero-order chi connectivity index (χ0) is 12.7. The minimum absolute atomic E-state index is 0.389. The number of anilines is 1. The summed E-state index contributed by atoms with van der Waals surface area (Å²) >= 11 is 0. The van der Waals surface area contributed by atoms with Crippen LogP contribution in [0.4, 0.5) is 5.69 Å². The van der Waals surface area contributed by atoms with Crippen LogP contribution in [0, 0.1) is 0 Å². The van der Waals surface area contributed by atoms with E-state index in [9.17, 15) is 0 Å². The fraction of sp³-hybridized carbons (Fsp3) is 0.417. The van der Waals surface area contributed by atoms with E-state index in [1.54, 1.807) is 7.11 Å². The molecule has 0 atom stereocenters. The van der Waals surface area contributed by atoms with Crippen molar-refractivity contribution in [2.75, 3.05) is 25.6 Å². The summed E-state index contributed by atoms with van der Waals surface area (Å²) in [5, 5.41) is 2.99. The van der Waals surface area contributed by atoms with Crippen LogP contribution in [-0.2, 0) is 0 Å². The molecule has 0 aromatic heterocycles. The van der Waals surface area contributed by atoms with E-state index in [4.69, 9.17) is 15.2 Å². The van der Waals surface area contributed by atoms with Crippen LogP contribution in [0.15, 0.2) is 23.2 Å². The highest BCUT2D eigenvalue weighted by Crippen LogP contribution is 2.30. The van der Waals surface area contributed by atoms with E-state index in [-0.39, 0.29) is 0 Å². The Bertz CT molecular complexity index is 391. The minimum Gasteiger partial charge on any atom is -0.493 e. The molecule has 0 aliphatic heterocycles. The van der Waals surface area contributed by atoms with Gasteiger partial charge in [-0.05, 0) is 26.0 Å². The molecule has 0 bridgehead atoms. The highest BCUT2D eigenvalue weighted by Gasteiger charge is 2.05. The summed E-state index contributed by atoms with van der Waals surface area (Å²) < 4.78 is 10.7. The molecule has 3 N–H and O–H groups in total. The lowest BCUT2D eigenvalue weighted by Crippen LogP contribution is -2.22. The largest absolute Gasteiger partial charge is 0.493 e. The van der Waals surface area contributed by atoms with Gasteiger partial charge >= 0.3 is 0 Å². The van der Waals surface area contributed by atoms with Gasteiger partial charge in [0.05, 0.1) is 13.7 Å². The van der Waals surface area contributed by atoms with Crippen molar-refractivity contribution in [3.63, 3.8) is 0 Å². The zero-order valence-electron chi connectivity index (χ0n) is 10.5. The lowest BCUT2D eigenvalue weighted by Gasteiger charge is -2.12. The molecule has 0 saturated heterocycles. The molecule has 94 valence electrons. The van der Waals surface area contributed by atoms with Crippen LogP contribution < -0.4 is 20.5 Å². The fourth-order valence-electron chi connectivity index (χ4n) is 1.38. The van der Waals surface area contributed by atoms with E-state index in [1.807, 2.05) is 32.0 Å². The van der Waals surface area contributed by atoms with Gasteiger partial charge in [0.25, 0.3) is 0 Å². The SMILES string of the molecule is CCN=C(N)Nc1ccc(OC)c(OCC)c1. The van der Waals surface area contributed by atoms with Crippen LogP contribution in [0.5, 0.6) is 11.5 Å². The van der Waals surface area contributed by atoms with Gasteiger partial charge in [0.15, 0.2) is 17.5 Å². The van der Waals surface area contributed by atoms with Gasteiger partial charge in [0.2, 0.25) is 0 Å². The van der Waals surface area contributed by atoms with Gasteiger partial charge in [-0.15, -0.1) is 0 Å². The molecule has 0 radical (unpaired) electrons. The Balaban J connectivity index is 2.87. The highest BCUT2D eigenvalue weighted by atomic mass is 16.5. The summed E-state index contributed by atoms with van der Waals surface area (Å²) in [4.78, 5) is 4.05. The Kier molecular flexibility index (Phi) is 5.13. The van der Waals surface area contributed by atoms with Crippen LogP contribution in [0.2, 0.25) is 0 Å². The minimum atomic E-state index is 0.389. The summed E-state index contributed by atoms with van der Waals surface area (Å²) in [5.74, 6) is 1.77. The second-order valence-corrected chi connectivity index (χ2v) is 3.28. The topological polar surface area (TPSA) is 68.9 Å². The van der Waals surface area contributed by atoms with Crippen molar-refractivity contribution in [3.8, 4) is 11.5 Å². The Morgan fingerprint density at radius 3 is 2.71 bits per heavy atom. The second-order valence-electron chi connectivity index (χ2n) is 3.28. The summed E-state index contributed by atoms with van der Waals surface area (Å²) in [6, 6.07) is 5.52. The van der Waals surface area contributed by atoms with E-state index in [2.05, 4.69) is 10.3 Å². The Morgan fingerprint density at radius 1 is 1.35 bits per heavy atom. The quantitative estimate of drug-likeness (QED) is 0.605. The molecular formula is C12H19N3O2. The molecule has 0 fully saturated rings. The predicted molar refractivity (Wildman–Crippen MR) is 69.9 cm³/mol. The first-order valence-electron chi connectivity index (χ1n) is 5.59. The standard InChI is InChI=1S/C12H19N3O2/c1-4-14-12(13)15-9-6-7-10(16-3)11(8-9)17-5-2/h6-8H,4-5H2,1-3H3,(H3,13,14,15). The van der Waals surface area contributed by atoms with Crippen LogP contribution in [-0.4, -0.2) is 26.2 Å². The van der Waals surface area contributed by atoms with Crippen molar-refractivity contribution < 1.29 is 9.47 Å². The summed E-state index contributed by atoms with van der Waals surface area (Å²) in [7, 11) is 1.61. The zero-order valence-corrected chi connectivity index (χ0v) is 10.5. The van der Waals surface area contributed by atoms with Gasteiger partial charge in [-0.25, -0.2) is 0 Å². The normalized spacial score (nSPS) is 11.1. The molecule has 5 heteroatoms. The average molecular weight is 237 g/mol. The fourth-order valence-corrected chi connectivity index (χ4v) is 1.38. The first kappa shape index (κ1) is 13.2. The lowest BCUT2D eigenvalue weighted by atomic mass is 10.2. The molecule has 0 unspecified atom stereocenters. The molecule has 1 aromatic carbocycles. The maximum Gasteiger partial charge on any atom is 0.193 e. The molecule has 5 nitrogen and oxygen atoms in total. The second kappa shape index (κ2) is 6.62. The molecule has 0 heterocycles. The molecule has 0 saturated carbocycles. The van der Waals surface area contributed by atoms with Gasteiger partial charge in [0.1, 0.15) is 0 Å². The maximum absolute atomic E-state index is 5.68. The Hall–Kier alpha value is -1.91. The van der Waals surface area contributed by atoms with E-state index in [0.717, 1.165) is 5.69 Å². The van der Waals surface area contributed by atoms with Crippen molar-refractivity contribution in [2.45, 2.75) is 13.8 Å². The van der Waals surface area contributed by atoms with Gasteiger partial charge in [0, 0.05) is 18.3 Å². The predicted octanol–water partition coefficient (Wildman–Crippen LogP) is 1.84. The first-order valence-corrected chi connectivity index (χ1v) is 5.59. The number of methoxy groups -OCH3 is 1. The third-order valence-corrected chi connectivity index (χ3v) is 2.06. The number of guanidine groups is 1. The number of aliphatic imine (C=N–C) groups is 1. The molecule has 1 aromatic rings. The third-order valence-electron chi connectivity index (χ3n) is 2.06. The monoisotopic (exact) mass is 237 g/mol. The van der Waals surface area contributed by atoms with Gasteiger partial charge < -0.3 is 20.5 Å². The molecule has 17 heavy (non-hydrogen) atoms. The molecule has 0 aliphatic carbocycles. The Labute approximate surface area is 102 Å². The van der Waals surface area contributed by atoms with Gasteiger partial charge in [-0.1, -0.05) is 0 Å². The smallest absolute Gasteiger partial charge is 0.193 e. The number of hydrogen-bond acceptors (Lipinski definition) is 3. The highest BCUT2D eigenvalue weighted by molar-refractivity contribution is 5.92. The lowest BCUT2D eigenvalue weighted by molar-refractivity contribution is 0.311. The number of hydrogen-bond donors (Lipinski definition) is 2. The number of rotatable bonds is 5. The van der Waals surface area contributed by atoms with Crippen molar-refractivity contribution >= 4 is 11.6 Å². The average Bonchev–Trinajstić information content (AvgIpc) is 2.30. The molecule has 0 spiro atoms. The van der Waals surface area contributed by atoms with Crippen molar-refractivity contribution in [1.82, 2.24) is 0 Å². The number of benzene rings is 1. The summed E-state index contributed by atoms with van der Waals surface area (Å²) in [6.07, 6.45) is 0. The van der Waals surface area contributed by atoms with Crippen LogP contribution in [0.25, 0.3) is 0 Å². The van der Waals surface area contributed by atoms with Crippen LogP contribution in [0.1, 0.15) is 13.8 Å². The summed E-state index contributed by atoms with van der Waals surface area (Å²) in [5.41, 5.74) is 6.50. The third kappa shape index (κ3) is 3.86.